The summed E-state index contributed by atoms with van der Waals surface area (Å²) >= 11 is 0. The zero-order chi connectivity index (χ0) is 18.9. The van der Waals surface area contributed by atoms with Crippen LogP contribution < -0.4 is 10.6 Å². The number of nitrogens with one attached hydrogen (secondary N) is 2. The highest BCUT2D eigenvalue weighted by Gasteiger charge is 2.35. The maximum absolute atomic E-state index is 12.7. The minimum Gasteiger partial charge on any atom is -0.349 e. The third-order valence-electron chi connectivity index (χ3n) is 4.80. The van der Waals surface area contributed by atoms with Gasteiger partial charge in [-0.1, -0.05) is 12.1 Å². The molecule has 1 aromatic heterocycles. The summed E-state index contributed by atoms with van der Waals surface area (Å²) in [6, 6.07) is 4.50. The van der Waals surface area contributed by atoms with Gasteiger partial charge in [-0.05, 0) is 30.2 Å². The van der Waals surface area contributed by atoms with E-state index in [9.17, 15) is 18.0 Å². The van der Waals surface area contributed by atoms with Gasteiger partial charge < -0.3 is 10.6 Å². The van der Waals surface area contributed by atoms with E-state index in [1.807, 2.05) is 13.2 Å². The van der Waals surface area contributed by atoms with Gasteiger partial charge in [0.15, 0.2) is 0 Å². The van der Waals surface area contributed by atoms with Gasteiger partial charge in [-0.15, -0.1) is 12.4 Å². The first-order valence-electron chi connectivity index (χ1n) is 8.42. The number of nitrogens with zero attached hydrogens (tertiary/aromatic N) is 2. The van der Waals surface area contributed by atoms with Crippen molar-refractivity contribution in [1.29, 1.82) is 0 Å². The van der Waals surface area contributed by atoms with E-state index in [1.165, 1.54) is 12.1 Å². The van der Waals surface area contributed by atoms with Crippen LogP contribution in [0.3, 0.4) is 0 Å². The van der Waals surface area contributed by atoms with E-state index in [0.717, 1.165) is 17.7 Å². The SMILES string of the molecule is CC(NC(=O)[C@H]1CNC[C@@H]1c1cnn(C)c1)c1ccc(C(F)(F)F)cc1.Cl. The van der Waals surface area contributed by atoms with Crippen molar-refractivity contribution < 1.29 is 18.0 Å². The fourth-order valence-electron chi connectivity index (χ4n) is 3.30. The molecule has 1 fully saturated rings. The number of carbonyl (C=O) groups excluding carboxylic acids is 1. The van der Waals surface area contributed by atoms with Crippen LogP contribution in [0.1, 0.15) is 35.6 Å². The fourth-order valence-corrected chi connectivity index (χ4v) is 3.30. The lowest BCUT2D eigenvalue weighted by Crippen LogP contribution is -2.36. The number of amides is 1. The Balaban J connectivity index is 0.00000261. The van der Waals surface area contributed by atoms with Crippen molar-refractivity contribution >= 4 is 18.3 Å². The number of halogens is 4. The molecule has 0 radical (unpaired) electrons. The van der Waals surface area contributed by atoms with Gasteiger partial charge in [-0.3, -0.25) is 9.48 Å². The van der Waals surface area contributed by atoms with Crippen LogP contribution in [-0.2, 0) is 18.0 Å². The number of aryl methyl sites for hydroxylation is 1. The van der Waals surface area contributed by atoms with Crippen molar-refractivity contribution in [3.63, 3.8) is 0 Å². The van der Waals surface area contributed by atoms with Gasteiger partial charge >= 0.3 is 6.18 Å². The second-order valence-corrected chi connectivity index (χ2v) is 6.67. The summed E-state index contributed by atoms with van der Waals surface area (Å²) in [5, 5.41) is 10.3. The topological polar surface area (TPSA) is 59.0 Å². The Kier molecular flexibility index (Phi) is 6.54. The van der Waals surface area contributed by atoms with Gasteiger partial charge in [0.1, 0.15) is 0 Å². The molecule has 3 rings (SSSR count). The smallest absolute Gasteiger partial charge is 0.349 e. The lowest BCUT2D eigenvalue weighted by atomic mass is 9.90. The minimum absolute atomic E-state index is 0. The zero-order valence-electron chi connectivity index (χ0n) is 15.0. The van der Waals surface area contributed by atoms with Gasteiger partial charge in [0.2, 0.25) is 5.91 Å². The van der Waals surface area contributed by atoms with Crippen LogP contribution in [0.4, 0.5) is 13.2 Å². The number of aromatic nitrogens is 2. The Morgan fingerprint density at radius 2 is 1.96 bits per heavy atom. The van der Waals surface area contributed by atoms with Crippen molar-refractivity contribution in [3.05, 3.63) is 53.3 Å². The Morgan fingerprint density at radius 3 is 2.52 bits per heavy atom. The summed E-state index contributed by atoms with van der Waals surface area (Å²) in [5.41, 5.74) is 0.937. The summed E-state index contributed by atoms with van der Waals surface area (Å²) in [5.74, 6) is -0.323. The summed E-state index contributed by atoms with van der Waals surface area (Å²) in [6.07, 6.45) is -0.702. The highest BCUT2D eigenvalue weighted by molar-refractivity contribution is 5.85. The van der Waals surface area contributed by atoms with E-state index in [-0.39, 0.29) is 36.2 Å². The fraction of sp³-hybridized carbons (Fsp3) is 0.444. The molecule has 1 saturated heterocycles. The number of hydrogen-bond acceptors (Lipinski definition) is 3. The van der Waals surface area contributed by atoms with E-state index < -0.39 is 11.7 Å². The number of hydrogen-bond donors (Lipinski definition) is 2. The maximum atomic E-state index is 12.7. The van der Waals surface area contributed by atoms with Crippen molar-refractivity contribution in [2.24, 2.45) is 13.0 Å². The second kappa shape index (κ2) is 8.31. The highest BCUT2D eigenvalue weighted by Crippen LogP contribution is 2.31. The Hall–Kier alpha value is -2.06. The molecular weight excluding hydrogens is 381 g/mol. The molecule has 9 heteroatoms. The van der Waals surface area contributed by atoms with Gasteiger partial charge in [-0.2, -0.15) is 18.3 Å². The van der Waals surface area contributed by atoms with Crippen LogP contribution in [0.5, 0.6) is 0 Å². The molecule has 1 unspecified atom stereocenters. The first-order valence-corrected chi connectivity index (χ1v) is 8.42. The average Bonchev–Trinajstić information content (AvgIpc) is 3.22. The van der Waals surface area contributed by atoms with Gasteiger partial charge in [-0.25, -0.2) is 0 Å². The van der Waals surface area contributed by atoms with E-state index in [4.69, 9.17) is 0 Å². The van der Waals surface area contributed by atoms with Crippen LogP contribution in [0.2, 0.25) is 0 Å². The Labute approximate surface area is 161 Å². The molecule has 2 aromatic rings. The number of rotatable bonds is 4. The van der Waals surface area contributed by atoms with Gasteiger partial charge in [0.05, 0.1) is 23.7 Å². The van der Waals surface area contributed by atoms with Crippen molar-refractivity contribution in [2.45, 2.75) is 25.1 Å². The van der Waals surface area contributed by atoms with Crippen molar-refractivity contribution in [3.8, 4) is 0 Å². The summed E-state index contributed by atoms with van der Waals surface area (Å²) in [6.45, 7) is 3.02. The van der Waals surface area contributed by atoms with E-state index in [2.05, 4.69) is 15.7 Å². The van der Waals surface area contributed by atoms with Gasteiger partial charge in [0.25, 0.3) is 0 Å². The normalized spacial score (nSPS) is 20.8. The molecular formula is C18H22ClF3N4O. The Morgan fingerprint density at radius 1 is 1.30 bits per heavy atom. The molecule has 0 spiro atoms. The lowest BCUT2D eigenvalue weighted by molar-refractivity contribution is -0.137. The van der Waals surface area contributed by atoms with Crippen LogP contribution in [0, 0.1) is 5.92 Å². The van der Waals surface area contributed by atoms with Crippen LogP contribution in [0.25, 0.3) is 0 Å². The molecule has 0 bridgehead atoms. The van der Waals surface area contributed by atoms with E-state index in [1.54, 1.807) is 17.8 Å². The number of carbonyl (C=O) groups is 1. The predicted octanol–water partition coefficient (Wildman–Crippen LogP) is 3.04. The standard InChI is InChI=1S/C18H21F3N4O.ClH/c1-11(12-3-5-14(6-4-12)18(19,20)21)24-17(26)16-9-22-8-15(16)13-7-23-25(2)10-13;/h3-7,10-11,15-16,22H,8-9H2,1-2H3,(H,24,26);1H/t11?,15-,16+;/m1./s1. The lowest BCUT2D eigenvalue weighted by Gasteiger charge is -2.21. The first-order chi connectivity index (χ1) is 12.3. The summed E-state index contributed by atoms with van der Waals surface area (Å²) < 4.78 is 39.7. The zero-order valence-corrected chi connectivity index (χ0v) is 15.8. The first kappa shape index (κ1) is 21.2. The van der Waals surface area contributed by atoms with Crippen LogP contribution in [-0.4, -0.2) is 28.8 Å². The highest BCUT2D eigenvalue weighted by atomic mass is 35.5. The van der Waals surface area contributed by atoms with Crippen molar-refractivity contribution in [1.82, 2.24) is 20.4 Å². The molecule has 3 atom stereocenters. The molecule has 27 heavy (non-hydrogen) atoms. The predicted molar refractivity (Wildman–Crippen MR) is 97.6 cm³/mol. The molecule has 1 amide bonds. The third-order valence-corrected chi connectivity index (χ3v) is 4.80. The molecule has 1 aliphatic heterocycles. The van der Waals surface area contributed by atoms with Crippen LogP contribution >= 0.6 is 12.4 Å². The number of alkyl halides is 3. The Bertz CT molecular complexity index is 776. The summed E-state index contributed by atoms with van der Waals surface area (Å²) in [7, 11) is 1.83. The molecule has 2 heterocycles. The minimum atomic E-state index is -4.36. The molecule has 0 saturated carbocycles. The molecule has 5 nitrogen and oxygen atoms in total. The molecule has 0 aliphatic carbocycles. The molecule has 1 aromatic carbocycles. The molecule has 148 valence electrons. The third kappa shape index (κ3) is 4.81. The van der Waals surface area contributed by atoms with E-state index >= 15 is 0 Å². The maximum Gasteiger partial charge on any atom is 0.416 e. The molecule has 1 aliphatic rings. The van der Waals surface area contributed by atoms with Crippen LogP contribution in [0.15, 0.2) is 36.7 Å². The van der Waals surface area contributed by atoms with Gasteiger partial charge in [0, 0.05) is 32.3 Å². The quantitative estimate of drug-likeness (QED) is 0.826. The summed E-state index contributed by atoms with van der Waals surface area (Å²) in [4.78, 5) is 12.7. The number of benzene rings is 1. The van der Waals surface area contributed by atoms with E-state index in [0.29, 0.717) is 18.7 Å². The van der Waals surface area contributed by atoms with Crippen molar-refractivity contribution in [2.75, 3.05) is 13.1 Å². The molecule has 2 N–H and O–H groups in total. The monoisotopic (exact) mass is 402 g/mol. The second-order valence-electron chi connectivity index (χ2n) is 6.67. The largest absolute Gasteiger partial charge is 0.416 e. The average molecular weight is 403 g/mol.